The van der Waals surface area contributed by atoms with Crippen molar-refractivity contribution in [2.75, 3.05) is 38.0 Å². The highest BCUT2D eigenvalue weighted by Gasteiger charge is 2.12. The zero-order valence-electron chi connectivity index (χ0n) is 10.7. The second kappa shape index (κ2) is 6.95. The van der Waals surface area contributed by atoms with Gasteiger partial charge in [0.15, 0.2) is 0 Å². The van der Waals surface area contributed by atoms with Gasteiger partial charge < -0.3 is 15.0 Å². The Labute approximate surface area is 116 Å². The molecule has 0 radical (unpaired) electrons. The van der Waals surface area contributed by atoms with Crippen molar-refractivity contribution in [3.8, 4) is 0 Å². The van der Waals surface area contributed by atoms with E-state index in [1.54, 1.807) is 7.11 Å². The summed E-state index contributed by atoms with van der Waals surface area (Å²) in [4.78, 5) is 10.9. The van der Waals surface area contributed by atoms with Crippen LogP contribution in [0, 0.1) is 3.57 Å². The number of ether oxygens (including phenoxy) is 1. The monoisotopic (exact) mass is 350 g/mol. The van der Waals surface area contributed by atoms with Crippen LogP contribution in [0.1, 0.15) is 19.0 Å². The van der Waals surface area contributed by atoms with Crippen LogP contribution in [0.3, 0.4) is 0 Å². The summed E-state index contributed by atoms with van der Waals surface area (Å²) < 4.78 is 6.19. The van der Waals surface area contributed by atoms with Gasteiger partial charge in [-0.2, -0.15) is 4.98 Å². The number of anilines is 2. The number of rotatable bonds is 6. The van der Waals surface area contributed by atoms with Crippen molar-refractivity contribution in [1.29, 1.82) is 0 Å². The lowest BCUT2D eigenvalue weighted by Gasteiger charge is -2.16. The van der Waals surface area contributed by atoms with E-state index in [0.717, 1.165) is 28.0 Å². The Hall–Kier alpha value is -0.630. The first kappa shape index (κ1) is 14.4. The first-order chi connectivity index (χ1) is 8.10. The third-order valence-corrected chi connectivity index (χ3v) is 3.27. The summed E-state index contributed by atoms with van der Waals surface area (Å²) in [6.45, 7) is 3.54. The molecule has 0 aliphatic heterocycles. The average molecular weight is 350 g/mol. The summed E-state index contributed by atoms with van der Waals surface area (Å²) in [6, 6.07) is 0. The Kier molecular flexibility index (Phi) is 5.90. The van der Waals surface area contributed by atoms with Crippen molar-refractivity contribution in [3.05, 3.63) is 9.26 Å². The molecule has 0 bridgehead atoms. The topological polar surface area (TPSA) is 50.3 Å². The van der Waals surface area contributed by atoms with Crippen LogP contribution in [-0.4, -0.2) is 37.7 Å². The molecule has 0 aliphatic carbocycles. The SMILES string of the molecule is CCCNc1nc(N(C)C)nc(COC)c1I. The van der Waals surface area contributed by atoms with Gasteiger partial charge in [-0.15, -0.1) is 0 Å². The fourth-order valence-electron chi connectivity index (χ4n) is 1.27. The van der Waals surface area contributed by atoms with Gasteiger partial charge in [-0.25, -0.2) is 4.98 Å². The molecule has 6 heteroatoms. The maximum Gasteiger partial charge on any atom is 0.227 e. The van der Waals surface area contributed by atoms with Crippen molar-refractivity contribution < 1.29 is 4.74 Å². The van der Waals surface area contributed by atoms with Crippen molar-refractivity contribution >= 4 is 34.4 Å². The first-order valence-corrected chi connectivity index (χ1v) is 6.64. The molecule has 1 heterocycles. The van der Waals surface area contributed by atoms with Gasteiger partial charge in [-0.3, -0.25) is 0 Å². The maximum absolute atomic E-state index is 5.16. The van der Waals surface area contributed by atoms with Crippen LogP contribution >= 0.6 is 22.6 Å². The molecular formula is C11H19IN4O. The number of nitrogens with one attached hydrogen (secondary N) is 1. The molecule has 1 aromatic rings. The molecule has 0 saturated carbocycles. The number of nitrogens with zero attached hydrogens (tertiary/aromatic N) is 3. The molecule has 1 N–H and O–H groups in total. The van der Waals surface area contributed by atoms with E-state index in [1.165, 1.54) is 0 Å². The van der Waals surface area contributed by atoms with Gasteiger partial charge in [0.2, 0.25) is 5.95 Å². The van der Waals surface area contributed by atoms with Crippen LogP contribution in [0.2, 0.25) is 0 Å². The second-order valence-corrected chi connectivity index (χ2v) is 4.97. The maximum atomic E-state index is 5.16. The predicted octanol–water partition coefficient (Wildman–Crippen LogP) is 2.12. The molecular weight excluding hydrogens is 331 g/mol. The van der Waals surface area contributed by atoms with E-state index in [0.29, 0.717) is 12.6 Å². The summed E-state index contributed by atoms with van der Waals surface area (Å²) >= 11 is 2.26. The predicted molar refractivity (Wildman–Crippen MR) is 78.6 cm³/mol. The Bertz CT molecular complexity index is 371. The van der Waals surface area contributed by atoms with Crippen LogP contribution in [0.4, 0.5) is 11.8 Å². The van der Waals surface area contributed by atoms with Gasteiger partial charge in [0.05, 0.1) is 15.9 Å². The second-order valence-electron chi connectivity index (χ2n) is 3.89. The summed E-state index contributed by atoms with van der Waals surface area (Å²) in [6.07, 6.45) is 1.07. The van der Waals surface area contributed by atoms with E-state index in [2.05, 4.69) is 44.8 Å². The summed E-state index contributed by atoms with van der Waals surface area (Å²) in [5.41, 5.74) is 0.922. The molecule has 0 fully saturated rings. The summed E-state index contributed by atoms with van der Waals surface area (Å²) in [5, 5.41) is 3.32. The van der Waals surface area contributed by atoms with E-state index in [9.17, 15) is 0 Å². The van der Waals surface area contributed by atoms with Crippen LogP contribution in [0.25, 0.3) is 0 Å². The molecule has 1 aromatic heterocycles. The molecule has 0 amide bonds. The van der Waals surface area contributed by atoms with Crippen LogP contribution in [0.15, 0.2) is 0 Å². The van der Waals surface area contributed by atoms with Crippen LogP contribution in [0.5, 0.6) is 0 Å². The summed E-state index contributed by atoms with van der Waals surface area (Å²) in [5.74, 6) is 1.59. The largest absolute Gasteiger partial charge is 0.378 e. The third kappa shape index (κ3) is 3.95. The highest BCUT2D eigenvalue weighted by atomic mass is 127. The lowest BCUT2D eigenvalue weighted by Crippen LogP contribution is -2.17. The van der Waals surface area contributed by atoms with Crippen LogP contribution < -0.4 is 10.2 Å². The molecule has 1 rings (SSSR count). The van der Waals surface area contributed by atoms with Crippen molar-refractivity contribution in [1.82, 2.24) is 9.97 Å². The lowest BCUT2D eigenvalue weighted by atomic mass is 10.4. The number of hydrogen-bond donors (Lipinski definition) is 1. The van der Waals surface area contributed by atoms with E-state index in [4.69, 9.17) is 4.74 Å². The minimum absolute atomic E-state index is 0.502. The Balaban J connectivity index is 3.08. The number of methoxy groups -OCH3 is 1. The van der Waals surface area contributed by atoms with Gasteiger partial charge in [0.25, 0.3) is 0 Å². The molecule has 96 valence electrons. The Morgan fingerprint density at radius 1 is 1.35 bits per heavy atom. The van der Waals surface area contributed by atoms with E-state index < -0.39 is 0 Å². The highest BCUT2D eigenvalue weighted by molar-refractivity contribution is 14.1. The quantitative estimate of drug-likeness (QED) is 0.797. The van der Waals surface area contributed by atoms with Crippen molar-refractivity contribution in [3.63, 3.8) is 0 Å². The van der Waals surface area contributed by atoms with Crippen molar-refractivity contribution in [2.24, 2.45) is 0 Å². The van der Waals surface area contributed by atoms with E-state index in [1.807, 2.05) is 19.0 Å². The van der Waals surface area contributed by atoms with Gasteiger partial charge in [-0.1, -0.05) is 6.92 Å². The molecule has 0 saturated heterocycles. The normalized spacial score (nSPS) is 10.4. The van der Waals surface area contributed by atoms with Gasteiger partial charge in [-0.05, 0) is 29.0 Å². The van der Waals surface area contributed by atoms with E-state index >= 15 is 0 Å². The van der Waals surface area contributed by atoms with E-state index in [-0.39, 0.29) is 0 Å². The number of aromatic nitrogens is 2. The molecule has 5 nitrogen and oxygen atoms in total. The molecule has 0 aliphatic rings. The number of hydrogen-bond acceptors (Lipinski definition) is 5. The zero-order chi connectivity index (χ0) is 12.8. The molecule has 0 unspecified atom stereocenters. The Morgan fingerprint density at radius 2 is 2.06 bits per heavy atom. The van der Waals surface area contributed by atoms with Gasteiger partial charge in [0, 0.05) is 27.7 Å². The minimum atomic E-state index is 0.502. The molecule has 17 heavy (non-hydrogen) atoms. The highest BCUT2D eigenvalue weighted by Crippen LogP contribution is 2.22. The molecule has 0 atom stereocenters. The van der Waals surface area contributed by atoms with Crippen molar-refractivity contribution in [2.45, 2.75) is 20.0 Å². The fraction of sp³-hybridized carbons (Fsp3) is 0.636. The lowest BCUT2D eigenvalue weighted by molar-refractivity contribution is 0.181. The zero-order valence-corrected chi connectivity index (χ0v) is 12.9. The smallest absolute Gasteiger partial charge is 0.227 e. The average Bonchev–Trinajstić information content (AvgIpc) is 2.30. The van der Waals surface area contributed by atoms with Crippen LogP contribution in [-0.2, 0) is 11.3 Å². The standard InChI is InChI=1S/C11H19IN4O/c1-5-6-13-10-9(12)8(7-17-4)14-11(15-10)16(2)3/h5-7H2,1-4H3,(H,13,14,15). The first-order valence-electron chi connectivity index (χ1n) is 5.56. The third-order valence-electron chi connectivity index (χ3n) is 2.13. The van der Waals surface area contributed by atoms with Gasteiger partial charge >= 0.3 is 0 Å². The van der Waals surface area contributed by atoms with Gasteiger partial charge in [0.1, 0.15) is 5.82 Å². The molecule has 0 spiro atoms. The fourth-order valence-corrected chi connectivity index (χ4v) is 1.86. The Morgan fingerprint density at radius 3 is 2.59 bits per heavy atom. The summed E-state index contributed by atoms with van der Waals surface area (Å²) in [7, 11) is 5.54. The minimum Gasteiger partial charge on any atom is -0.378 e. The molecule has 0 aromatic carbocycles. The number of halogens is 1.